The maximum Gasteiger partial charge on any atom is 0.488 e. The molecule has 71 heavy (non-hydrogen) atoms. The van der Waals surface area contributed by atoms with Crippen LogP contribution in [0.1, 0.15) is 42.5 Å². The van der Waals surface area contributed by atoms with Crippen molar-refractivity contribution >= 4 is 242 Å². The third-order valence-electron chi connectivity index (χ3n) is 12.0. The molecule has 0 aliphatic heterocycles. The van der Waals surface area contributed by atoms with Gasteiger partial charge in [0.15, 0.2) is 0 Å². The Morgan fingerprint density at radius 2 is 1.08 bits per heavy atom. The van der Waals surface area contributed by atoms with Gasteiger partial charge >= 0.3 is 13.1 Å². The van der Waals surface area contributed by atoms with Gasteiger partial charge in [-0.2, -0.15) is 0 Å². The molecule has 1 aromatic carbocycles. The van der Waals surface area contributed by atoms with Gasteiger partial charge in [0.25, 0.3) is 5.91 Å². The number of rotatable bonds is 33. The molecule has 0 spiro atoms. The molecule has 0 aliphatic rings. The number of aliphatic carboxylic acids is 1. The minimum absolute atomic E-state index is 0.0689. The molecule has 6 atom stereocenters. The molecule has 0 fully saturated rings. The van der Waals surface area contributed by atoms with Crippen LogP contribution in [0.4, 0.5) is 0 Å². The van der Waals surface area contributed by atoms with Crippen LogP contribution in [0.15, 0.2) is 24.3 Å². The molecule has 46 heteroatoms. The molecule has 1 aromatic rings. The lowest BCUT2D eigenvalue weighted by molar-refractivity contribution is -0.139. The highest BCUT2D eigenvalue weighted by Crippen LogP contribution is 2.14. The van der Waals surface area contributed by atoms with E-state index in [1.165, 1.54) is 38.4 Å². The smallest absolute Gasteiger partial charge is 0.480 e. The third-order valence-corrected chi connectivity index (χ3v) is 12.0. The van der Waals surface area contributed by atoms with E-state index in [4.69, 9.17) is 126 Å². The Kier molecular flexibility index (Phi) is 35.2. The number of carbonyl (C=O) groups excluding carboxylic acids is 3. The van der Waals surface area contributed by atoms with Crippen LogP contribution < -0.4 is 26.7 Å². The summed E-state index contributed by atoms with van der Waals surface area (Å²) in [6, 6.07) is 3.18. The first kappa shape index (κ1) is 69.7. The van der Waals surface area contributed by atoms with Gasteiger partial charge in [-0.15, -0.1) is 0 Å². The summed E-state index contributed by atoms with van der Waals surface area (Å²) < 4.78 is 0. The minimum atomic E-state index is -1.93. The fourth-order valence-corrected chi connectivity index (χ4v) is 8.15. The largest absolute Gasteiger partial charge is 0.488 e. The number of unbranched alkanes of at least 4 members (excludes halogenated alkanes) is 1. The number of benzene rings is 1. The summed E-state index contributed by atoms with van der Waals surface area (Å²) in [5, 5.41) is 85.7. The van der Waals surface area contributed by atoms with Gasteiger partial charge in [0.2, 0.25) is 11.8 Å². The number of aliphatic hydroxyl groups excluding tert-OH is 5. The Morgan fingerprint density at radius 3 is 1.48 bits per heavy atom. The average Bonchev–Trinajstić information content (AvgIpc) is 3.28. The van der Waals surface area contributed by atoms with Gasteiger partial charge in [0.1, 0.15) is 30.4 Å². The molecular weight excluding hydrogens is 873 g/mol. The van der Waals surface area contributed by atoms with Crippen molar-refractivity contribution in [1.82, 2.24) is 21.3 Å². The third kappa shape index (κ3) is 24.1. The van der Waals surface area contributed by atoms with Gasteiger partial charge < -0.3 is 62.0 Å². The lowest BCUT2D eigenvalue weighted by Gasteiger charge is -2.49. The fraction of sp³-hybridized carbons (Fsp3) is 0.600. The quantitative estimate of drug-likeness (QED) is 0.0231. The molecule has 16 nitrogen and oxygen atoms in total. The second kappa shape index (κ2) is 35.9. The number of aliphatic hydroxyl groups is 5. The minimum Gasteiger partial charge on any atom is -0.480 e. The van der Waals surface area contributed by atoms with Gasteiger partial charge in [-0.3, -0.25) is 19.2 Å². The number of carboxylic acids is 1. The molecule has 0 aromatic heterocycles. The summed E-state index contributed by atoms with van der Waals surface area (Å²) in [5.41, 5.74) is 0.197. The van der Waals surface area contributed by atoms with Crippen LogP contribution in [0.2, 0.25) is 0 Å². The van der Waals surface area contributed by atoms with Crippen LogP contribution >= 0.6 is 0 Å². The predicted molar refractivity (Wildman–Crippen MR) is 315 cm³/mol. The van der Waals surface area contributed by atoms with Crippen LogP contribution in [0.25, 0.3) is 0 Å². The molecule has 31 radical (unpaired) electrons. The number of hydrogen-bond acceptors (Lipinski definition) is 12. The second-order valence-electron chi connectivity index (χ2n) is 17.3. The van der Waals surface area contributed by atoms with E-state index in [2.05, 4.69) is 21.3 Å². The first-order chi connectivity index (χ1) is 33.0. The number of carbonyl (C=O) groups is 4. The first-order valence-corrected chi connectivity index (χ1v) is 22.7. The highest BCUT2D eigenvalue weighted by Gasteiger charge is 2.51. The van der Waals surface area contributed by atoms with E-state index in [-0.39, 0.29) is 30.4 Å². The Balaban J connectivity index is 0.00000148. The molecule has 1 rings (SSSR count). The molecule has 0 aliphatic carbocycles. The molecule has 0 bridgehead atoms. The van der Waals surface area contributed by atoms with E-state index in [0.717, 1.165) is 0 Å². The monoisotopic (exact) mass is 920 g/mol. The van der Waals surface area contributed by atoms with E-state index in [1.54, 1.807) is 0 Å². The van der Waals surface area contributed by atoms with Gasteiger partial charge in [0, 0.05) is 231 Å². The molecule has 3 amide bonds. The van der Waals surface area contributed by atoms with Gasteiger partial charge in [-0.25, -0.2) is 0 Å². The van der Waals surface area contributed by atoms with Crippen LogP contribution in [0.3, 0.4) is 0 Å². The lowest BCUT2D eigenvalue weighted by atomic mass is 8.32. The van der Waals surface area contributed by atoms with Crippen molar-refractivity contribution in [2.45, 2.75) is 68.6 Å². The highest BCUT2D eigenvalue weighted by molar-refractivity contribution is 8.26. The summed E-state index contributed by atoms with van der Waals surface area (Å²) in [5.74, 6) is -2.98. The van der Waals surface area contributed by atoms with Crippen LogP contribution in [-0.2, 0) is 14.4 Å². The van der Waals surface area contributed by atoms with Crippen LogP contribution in [0.5, 0.6) is 0 Å². The fourth-order valence-electron chi connectivity index (χ4n) is 8.15. The van der Waals surface area contributed by atoms with E-state index in [9.17, 15) is 49.7 Å². The number of nitrogens with one attached hydrogen (secondary N) is 4. The summed E-state index contributed by atoms with van der Waals surface area (Å²) in [4.78, 5) is 49.0. The average molecular weight is 914 g/mol. The van der Waals surface area contributed by atoms with Crippen LogP contribution in [0, 0.1) is 0 Å². The molecule has 0 unspecified atom stereocenters. The standard InChI is InChI=1S/C25H41BN4O12.B29/c1-27-17(25(39)40)4-2-3-11-28-20(34)10-9-16(30-23(37)14-5-7-15(8-6-14)26(41)42)24(38)29-12-18(32)21(35)22(36)19(33)13-31;1-16-24(17(2)3)28(25(18(4)5)19(6)7)29(26(20(8)9)21(10)11)27(22(12)13)23(14)15/h5-8,16-19,21-22,27,31-33,35-36,41-42H,2-4,9-13H2,1H3,(H,28,34)(H,29,38)(H,30,37)(H,39,40);/t16-,17-,18+,19-,21-,22-;/m0./s1. The van der Waals surface area contributed by atoms with Crippen molar-refractivity contribution < 1.29 is 59.9 Å². The van der Waals surface area contributed by atoms with Crippen molar-refractivity contribution in [1.29, 1.82) is 0 Å². The topological polar surface area (TPSA) is 278 Å². The van der Waals surface area contributed by atoms with E-state index < -0.39 is 163 Å². The van der Waals surface area contributed by atoms with Crippen molar-refractivity contribution in [3.8, 4) is 0 Å². The van der Waals surface area contributed by atoms with Crippen LogP contribution in [-0.4, -0.2) is 341 Å². The second-order valence-corrected chi connectivity index (χ2v) is 17.3. The Bertz CT molecular complexity index is 1650. The molecule has 12 N–H and O–H groups in total. The maximum atomic E-state index is 12.9. The molecule has 0 heterocycles. The van der Waals surface area contributed by atoms with Crippen molar-refractivity contribution in [2.75, 3.05) is 26.7 Å². The van der Waals surface area contributed by atoms with Gasteiger partial charge in [-0.1, -0.05) is 12.1 Å². The van der Waals surface area contributed by atoms with Crippen molar-refractivity contribution in [2.24, 2.45) is 0 Å². The Morgan fingerprint density at radius 1 is 0.620 bits per heavy atom. The van der Waals surface area contributed by atoms with Gasteiger partial charge in [-0.05, 0) is 50.3 Å². The number of likely N-dealkylation sites (N-methyl/N-ethyl adjacent to an activating group) is 1. The van der Waals surface area contributed by atoms with E-state index in [1.807, 2.05) is 0 Å². The summed E-state index contributed by atoms with van der Waals surface area (Å²) in [6.45, 7) is -1.24. The van der Waals surface area contributed by atoms with Gasteiger partial charge in [0.05, 0.1) is 12.7 Å². The maximum absolute atomic E-state index is 12.9. The number of amides is 3. The van der Waals surface area contributed by atoms with Crippen molar-refractivity contribution in [3.05, 3.63) is 29.8 Å². The summed E-state index contributed by atoms with van der Waals surface area (Å²) in [6.07, 6.45) is -18.2. The lowest BCUT2D eigenvalue weighted by Crippen LogP contribution is -2.87. The zero-order valence-corrected chi connectivity index (χ0v) is 40.0. The number of carboxylic acid groups (broad SMARTS) is 1. The normalized spacial score (nSPS) is 13.0. The van der Waals surface area contributed by atoms with Crippen molar-refractivity contribution in [3.63, 3.8) is 0 Å². The molecule has 0 saturated carbocycles. The Labute approximate surface area is 446 Å². The zero-order valence-electron chi connectivity index (χ0n) is 40.0. The molecule has 323 valence electrons. The SMILES string of the molecule is CN[C@@H](CCCCNC(=O)CC[C@H](NC(=O)c1ccc(B(O)O)cc1)C(=O)NC[C@@H](O)[C@H](O)[C@@H](O)[C@@H](O)CO)C(=O)O.[B][B]B(B([B])[B])B(B(B([B])[B])B([B])[B])B(B(B([B])[B])B([B])[B])B(B([B])[B])B([B])[B]. The van der Waals surface area contributed by atoms with E-state index in [0.29, 0.717) is 19.3 Å². The Hall–Kier alpha value is -1.27. The van der Waals surface area contributed by atoms with E-state index >= 15 is 0 Å². The summed E-state index contributed by atoms with van der Waals surface area (Å²) in [7, 11) is 91.0. The predicted octanol–water partition coefficient (Wildman–Crippen LogP) is -16.3. The number of hydrogen-bond donors (Lipinski definition) is 12. The zero-order chi connectivity index (χ0) is 55.0. The summed E-state index contributed by atoms with van der Waals surface area (Å²) >= 11 is 0. The first-order valence-electron chi connectivity index (χ1n) is 22.7. The molecule has 0 saturated heterocycles. The highest BCUT2D eigenvalue weighted by atomic mass is 16.4. The molecular formula is C25H41B30N4O12.